The second kappa shape index (κ2) is 6.67. The van der Waals surface area contributed by atoms with Crippen LogP contribution in [0.1, 0.15) is 31.0 Å². The summed E-state index contributed by atoms with van der Waals surface area (Å²) in [5, 5.41) is 11.6. The molecule has 0 aliphatic rings. The van der Waals surface area contributed by atoms with Crippen molar-refractivity contribution in [3.8, 4) is 6.07 Å². The lowest BCUT2D eigenvalue weighted by atomic mass is 10.2. The van der Waals surface area contributed by atoms with Gasteiger partial charge in [0.25, 0.3) is 5.91 Å². The molecule has 1 aromatic heterocycles. The first kappa shape index (κ1) is 14.7. The highest BCUT2D eigenvalue weighted by atomic mass is 16.2. The number of amides is 1. The monoisotopic (exact) mass is 280 g/mol. The maximum Gasteiger partial charge on any atom is 0.293 e. The van der Waals surface area contributed by atoms with Crippen LogP contribution in [0.25, 0.3) is 0 Å². The van der Waals surface area contributed by atoms with Gasteiger partial charge in [0, 0.05) is 24.7 Å². The fourth-order valence-corrected chi connectivity index (χ4v) is 1.97. The van der Waals surface area contributed by atoms with E-state index in [0.29, 0.717) is 11.3 Å². The van der Waals surface area contributed by atoms with Gasteiger partial charge in [-0.15, -0.1) is 0 Å². The lowest BCUT2D eigenvalue weighted by Gasteiger charge is -2.09. The van der Waals surface area contributed by atoms with Crippen LogP contribution in [0.4, 0.5) is 5.69 Å². The van der Waals surface area contributed by atoms with E-state index in [1.807, 2.05) is 36.0 Å². The third-order valence-corrected chi connectivity index (χ3v) is 3.44. The molecule has 0 spiro atoms. The van der Waals surface area contributed by atoms with Crippen LogP contribution in [0, 0.1) is 11.3 Å². The molecular formula is C17H18N3O+. The predicted molar refractivity (Wildman–Crippen MR) is 80.5 cm³/mol. The van der Waals surface area contributed by atoms with Gasteiger partial charge in [0.15, 0.2) is 12.4 Å². The van der Waals surface area contributed by atoms with Crippen LogP contribution >= 0.6 is 0 Å². The number of hydrogen-bond donors (Lipinski definition) is 1. The van der Waals surface area contributed by atoms with E-state index in [2.05, 4.69) is 18.3 Å². The van der Waals surface area contributed by atoms with E-state index >= 15 is 0 Å². The molecule has 21 heavy (non-hydrogen) atoms. The Morgan fingerprint density at radius 2 is 1.86 bits per heavy atom. The van der Waals surface area contributed by atoms with Crippen LogP contribution in [0.2, 0.25) is 0 Å². The Kier molecular flexibility index (Phi) is 4.68. The lowest BCUT2D eigenvalue weighted by Crippen LogP contribution is -2.44. The van der Waals surface area contributed by atoms with Crippen molar-refractivity contribution in [2.24, 2.45) is 0 Å². The molecule has 1 N–H and O–H groups in total. The van der Waals surface area contributed by atoms with E-state index in [0.717, 1.165) is 6.42 Å². The van der Waals surface area contributed by atoms with Gasteiger partial charge in [-0.2, -0.15) is 9.83 Å². The highest BCUT2D eigenvalue weighted by molar-refractivity contribution is 5.92. The third kappa shape index (κ3) is 3.67. The van der Waals surface area contributed by atoms with Gasteiger partial charge in [0.2, 0.25) is 6.04 Å². The minimum absolute atomic E-state index is 0.0889. The highest BCUT2D eigenvalue weighted by Crippen LogP contribution is 2.10. The number of aryl methyl sites for hydroxylation is 1. The quantitative estimate of drug-likeness (QED) is 0.875. The summed E-state index contributed by atoms with van der Waals surface area (Å²) in [6, 6.07) is 12.6. The van der Waals surface area contributed by atoms with Crippen LogP contribution in [-0.4, -0.2) is 5.91 Å². The number of anilines is 1. The Bertz CT molecular complexity index is 654. The van der Waals surface area contributed by atoms with Gasteiger partial charge in [-0.25, -0.2) is 0 Å². The molecule has 0 aliphatic heterocycles. The van der Waals surface area contributed by atoms with Crippen molar-refractivity contribution < 1.29 is 9.36 Å². The van der Waals surface area contributed by atoms with Gasteiger partial charge < -0.3 is 5.32 Å². The van der Waals surface area contributed by atoms with E-state index in [1.54, 1.807) is 24.3 Å². The van der Waals surface area contributed by atoms with E-state index in [-0.39, 0.29) is 11.9 Å². The molecule has 0 saturated carbocycles. The molecule has 2 rings (SSSR count). The van der Waals surface area contributed by atoms with Crippen LogP contribution in [-0.2, 0) is 11.2 Å². The zero-order valence-corrected chi connectivity index (χ0v) is 12.2. The summed E-state index contributed by atoms with van der Waals surface area (Å²) >= 11 is 0. The molecule has 106 valence electrons. The molecule has 0 aliphatic carbocycles. The number of carbonyl (C=O) groups is 1. The minimum Gasteiger partial charge on any atom is -0.320 e. The summed E-state index contributed by atoms with van der Waals surface area (Å²) in [5.74, 6) is -0.0889. The van der Waals surface area contributed by atoms with Crippen LogP contribution < -0.4 is 9.88 Å². The standard InChI is InChI=1S/C17H17N3O/c1-3-14-8-10-20(11-9-14)13(2)17(21)19-16-6-4-15(12-18)5-7-16/h4-11,13H,3H2,1-2H3/p+1/t13-/m1/s1. The number of aromatic nitrogens is 1. The average Bonchev–Trinajstić information content (AvgIpc) is 2.55. The molecule has 2 aromatic rings. The van der Waals surface area contributed by atoms with Crippen molar-refractivity contribution in [2.75, 3.05) is 5.32 Å². The number of hydrogen-bond acceptors (Lipinski definition) is 2. The van der Waals surface area contributed by atoms with Crippen LogP contribution in [0.15, 0.2) is 48.8 Å². The van der Waals surface area contributed by atoms with Gasteiger partial charge in [0.1, 0.15) is 0 Å². The van der Waals surface area contributed by atoms with Gasteiger partial charge in [-0.1, -0.05) is 6.92 Å². The van der Waals surface area contributed by atoms with E-state index < -0.39 is 0 Å². The minimum atomic E-state index is -0.299. The largest absolute Gasteiger partial charge is 0.320 e. The maximum atomic E-state index is 12.2. The SMILES string of the molecule is CCc1cc[n+]([C@H](C)C(=O)Nc2ccc(C#N)cc2)cc1. The molecule has 0 bridgehead atoms. The molecule has 0 saturated heterocycles. The summed E-state index contributed by atoms with van der Waals surface area (Å²) in [7, 11) is 0. The molecule has 4 heteroatoms. The Hall–Kier alpha value is -2.67. The number of pyridine rings is 1. The predicted octanol–water partition coefficient (Wildman–Crippen LogP) is 2.61. The molecule has 0 radical (unpaired) electrons. The second-order valence-electron chi connectivity index (χ2n) is 4.86. The van der Waals surface area contributed by atoms with Crippen molar-refractivity contribution >= 4 is 11.6 Å². The summed E-state index contributed by atoms with van der Waals surface area (Å²) in [5.41, 5.74) is 2.51. The number of nitriles is 1. The molecule has 0 fully saturated rings. The van der Waals surface area contributed by atoms with Crippen molar-refractivity contribution in [3.05, 3.63) is 59.9 Å². The Labute approximate surface area is 124 Å². The Balaban J connectivity index is 2.05. The van der Waals surface area contributed by atoms with Crippen molar-refractivity contribution in [2.45, 2.75) is 26.3 Å². The summed E-state index contributed by atoms with van der Waals surface area (Å²) in [6.07, 6.45) is 4.82. The smallest absolute Gasteiger partial charge is 0.293 e. The average molecular weight is 280 g/mol. The third-order valence-electron chi connectivity index (χ3n) is 3.44. The molecule has 1 amide bonds. The first-order chi connectivity index (χ1) is 10.1. The molecule has 0 unspecified atom stereocenters. The molecular weight excluding hydrogens is 262 g/mol. The summed E-state index contributed by atoms with van der Waals surface area (Å²) < 4.78 is 1.87. The van der Waals surface area contributed by atoms with Crippen molar-refractivity contribution in [3.63, 3.8) is 0 Å². The number of nitrogens with zero attached hydrogens (tertiary/aromatic N) is 2. The Morgan fingerprint density at radius 3 is 2.38 bits per heavy atom. The van der Waals surface area contributed by atoms with E-state index in [9.17, 15) is 4.79 Å². The highest BCUT2D eigenvalue weighted by Gasteiger charge is 2.21. The molecule has 1 aromatic carbocycles. The van der Waals surface area contributed by atoms with Crippen LogP contribution in [0.3, 0.4) is 0 Å². The van der Waals surface area contributed by atoms with Gasteiger partial charge in [-0.3, -0.25) is 4.79 Å². The zero-order valence-electron chi connectivity index (χ0n) is 12.2. The fourth-order valence-electron chi connectivity index (χ4n) is 1.97. The van der Waals surface area contributed by atoms with Crippen LogP contribution in [0.5, 0.6) is 0 Å². The zero-order chi connectivity index (χ0) is 15.2. The maximum absolute atomic E-state index is 12.2. The topological polar surface area (TPSA) is 56.8 Å². The first-order valence-electron chi connectivity index (χ1n) is 6.94. The Morgan fingerprint density at radius 1 is 1.24 bits per heavy atom. The van der Waals surface area contributed by atoms with Crippen molar-refractivity contribution in [1.82, 2.24) is 0 Å². The number of nitrogens with one attached hydrogen (secondary N) is 1. The van der Waals surface area contributed by atoms with Crippen molar-refractivity contribution in [1.29, 1.82) is 5.26 Å². The molecule has 1 atom stereocenters. The van der Waals surface area contributed by atoms with E-state index in [1.165, 1.54) is 5.56 Å². The molecule has 4 nitrogen and oxygen atoms in total. The summed E-state index contributed by atoms with van der Waals surface area (Å²) in [6.45, 7) is 3.95. The normalized spacial score (nSPS) is 11.5. The first-order valence-corrected chi connectivity index (χ1v) is 6.94. The van der Waals surface area contributed by atoms with Gasteiger partial charge >= 0.3 is 0 Å². The molecule has 1 heterocycles. The second-order valence-corrected chi connectivity index (χ2v) is 4.86. The summed E-state index contributed by atoms with van der Waals surface area (Å²) in [4.78, 5) is 12.2. The number of rotatable bonds is 4. The van der Waals surface area contributed by atoms with E-state index in [4.69, 9.17) is 5.26 Å². The van der Waals surface area contributed by atoms with Gasteiger partial charge in [-0.05, 0) is 36.2 Å². The van der Waals surface area contributed by atoms with Gasteiger partial charge in [0.05, 0.1) is 11.6 Å². The fraction of sp³-hybridized carbons (Fsp3) is 0.235. The number of benzene rings is 1. The lowest BCUT2D eigenvalue weighted by molar-refractivity contribution is -0.705. The number of carbonyl (C=O) groups excluding carboxylic acids is 1.